The quantitative estimate of drug-likeness (QED) is 0.307. The molecule has 2 rings (SSSR count). The lowest BCUT2D eigenvalue weighted by Crippen LogP contribution is -2.39. The average molecular weight is 380 g/mol. The molecule has 2 aliphatic rings. The van der Waals surface area contributed by atoms with Gasteiger partial charge < -0.3 is 4.74 Å². The number of carbonyl (C=O) groups is 3. The molecule has 0 amide bonds. The van der Waals surface area contributed by atoms with Crippen LogP contribution < -0.4 is 0 Å². The van der Waals surface area contributed by atoms with Crippen molar-refractivity contribution in [3.8, 4) is 0 Å². The van der Waals surface area contributed by atoms with Gasteiger partial charge in [0, 0.05) is 5.92 Å². The third-order valence-electron chi connectivity index (χ3n) is 4.82. The number of allylic oxidation sites excluding steroid dienone is 1. The van der Waals surface area contributed by atoms with Crippen molar-refractivity contribution in [1.82, 2.24) is 0 Å². The van der Waals surface area contributed by atoms with Crippen molar-refractivity contribution >= 4 is 27.7 Å². The summed E-state index contributed by atoms with van der Waals surface area (Å²) in [5.41, 5.74) is 0.0831. The van der Waals surface area contributed by atoms with E-state index in [2.05, 4.69) is 11.3 Å². The minimum absolute atomic E-state index is 0.00324. The highest BCUT2D eigenvalue weighted by Gasteiger charge is 2.54. The fourth-order valence-electron chi connectivity index (χ4n) is 3.64. The van der Waals surface area contributed by atoms with Gasteiger partial charge in [0.05, 0.1) is 5.92 Å². The molecule has 0 spiro atoms. The maximum absolute atomic E-state index is 13.1. The molecule has 2 fully saturated rings. The van der Waals surface area contributed by atoms with Crippen molar-refractivity contribution in [2.24, 2.45) is 23.7 Å². The largest absolute Gasteiger partial charge is 0.458 e. The SMILES string of the molecule is C=C(C)C(=O)C(=O)C1CC2CC(C(=O)OCC(F)(F)S(=O)(=O)O)C1C2. The van der Waals surface area contributed by atoms with Crippen LogP contribution in [0.25, 0.3) is 0 Å². The van der Waals surface area contributed by atoms with Gasteiger partial charge in [0.1, 0.15) is 0 Å². The second kappa shape index (κ2) is 6.56. The fraction of sp³-hybridized carbons (Fsp3) is 0.667. The Morgan fingerprint density at radius 2 is 1.76 bits per heavy atom. The van der Waals surface area contributed by atoms with E-state index < -0.39 is 57.3 Å². The van der Waals surface area contributed by atoms with E-state index in [9.17, 15) is 31.6 Å². The van der Waals surface area contributed by atoms with Crippen LogP contribution in [0.5, 0.6) is 0 Å². The van der Waals surface area contributed by atoms with Gasteiger partial charge in [-0.2, -0.15) is 17.2 Å². The van der Waals surface area contributed by atoms with Crippen LogP contribution in [0, 0.1) is 23.7 Å². The molecule has 2 bridgehead atoms. The molecule has 4 unspecified atom stereocenters. The summed E-state index contributed by atoms with van der Waals surface area (Å²) in [5, 5.41) is -4.61. The third kappa shape index (κ3) is 3.79. The number of ether oxygens (including phenoxy) is 1. The Balaban J connectivity index is 2.04. The van der Waals surface area contributed by atoms with Crippen LogP contribution in [0.15, 0.2) is 12.2 Å². The summed E-state index contributed by atoms with van der Waals surface area (Å²) in [5.74, 6) is -4.49. The van der Waals surface area contributed by atoms with Crippen LogP contribution in [0.3, 0.4) is 0 Å². The number of fused-ring (bicyclic) bond motifs is 2. The van der Waals surface area contributed by atoms with Crippen LogP contribution >= 0.6 is 0 Å². The van der Waals surface area contributed by atoms with Gasteiger partial charge in [0.15, 0.2) is 6.61 Å². The first-order valence-corrected chi connectivity index (χ1v) is 9.04. The molecular weight excluding hydrogens is 362 g/mol. The monoisotopic (exact) mass is 380 g/mol. The van der Waals surface area contributed by atoms with Crippen molar-refractivity contribution < 1.29 is 40.9 Å². The van der Waals surface area contributed by atoms with E-state index in [1.54, 1.807) is 0 Å². The lowest BCUT2D eigenvalue weighted by atomic mass is 9.77. The number of rotatable bonds is 7. The van der Waals surface area contributed by atoms with Gasteiger partial charge in [0.2, 0.25) is 11.6 Å². The van der Waals surface area contributed by atoms with Gasteiger partial charge in [-0.3, -0.25) is 18.9 Å². The summed E-state index contributed by atoms with van der Waals surface area (Å²) in [6.07, 6.45) is 1.26. The summed E-state index contributed by atoms with van der Waals surface area (Å²) >= 11 is 0. The van der Waals surface area contributed by atoms with Gasteiger partial charge in [-0.1, -0.05) is 6.58 Å². The number of Topliss-reactive ketones (excluding diaryl/α,β-unsaturated/α-hetero) is 2. The van der Waals surface area contributed by atoms with Crippen molar-refractivity contribution in [2.45, 2.75) is 31.4 Å². The first kappa shape index (κ1) is 19.6. The number of halogens is 2. The molecule has 0 aromatic heterocycles. The Bertz CT molecular complexity index is 728. The summed E-state index contributed by atoms with van der Waals surface area (Å²) in [7, 11) is -5.70. The Morgan fingerprint density at radius 3 is 2.24 bits per heavy atom. The van der Waals surface area contributed by atoms with Crippen molar-refractivity contribution in [3.63, 3.8) is 0 Å². The smallest absolute Gasteiger partial charge is 0.402 e. The number of esters is 1. The van der Waals surface area contributed by atoms with Crippen molar-refractivity contribution in [2.75, 3.05) is 6.61 Å². The van der Waals surface area contributed by atoms with E-state index >= 15 is 0 Å². The molecule has 0 saturated heterocycles. The lowest BCUT2D eigenvalue weighted by molar-refractivity contribution is -0.157. The molecule has 2 saturated carbocycles. The summed E-state index contributed by atoms with van der Waals surface area (Å²) in [4.78, 5) is 36.0. The minimum atomic E-state index is -5.70. The standard InChI is InChI=1S/C15H18F2O7S/c1-7(2)12(18)13(19)10-4-8-3-9(10)11(5-8)14(20)24-6-15(16,17)25(21,22)23/h8-11H,1,3-6H2,2H3,(H,21,22,23). The Labute approximate surface area is 143 Å². The average Bonchev–Trinajstić information content (AvgIpc) is 3.10. The zero-order chi connectivity index (χ0) is 19.2. The van der Waals surface area contributed by atoms with Gasteiger partial charge >= 0.3 is 21.3 Å². The van der Waals surface area contributed by atoms with E-state index in [1.807, 2.05) is 0 Å². The maximum atomic E-state index is 13.1. The Kier molecular flexibility index (Phi) is 5.16. The molecule has 25 heavy (non-hydrogen) atoms. The maximum Gasteiger partial charge on any atom is 0.402 e. The van der Waals surface area contributed by atoms with E-state index in [1.165, 1.54) is 6.92 Å². The highest BCUT2D eigenvalue weighted by Crippen LogP contribution is 2.52. The zero-order valence-corrected chi connectivity index (χ0v) is 14.2. The molecule has 1 N–H and O–H groups in total. The number of hydrogen-bond acceptors (Lipinski definition) is 6. The van der Waals surface area contributed by atoms with E-state index in [0.29, 0.717) is 19.3 Å². The number of ketones is 2. The third-order valence-corrected chi connectivity index (χ3v) is 5.70. The van der Waals surface area contributed by atoms with Crippen LogP contribution in [0.2, 0.25) is 0 Å². The number of carbonyl (C=O) groups excluding carboxylic acids is 3. The zero-order valence-electron chi connectivity index (χ0n) is 13.4. The van der Waals surface area contributed by atoms with E-state index in [4.69, 9.17) is 4.55 Å². The van der Waals surface area contributed by atoms with Crippen LogP contribution in [-0.4, -0.2) is 42.4 Å². The molecular formula is C15H18F2O7S. The Morgan fingerprint density at radius 1 is 1.20 bits per heavy atom. The van der Waals surface area contributed by atoms with Gasteiger partial charge in [0.25, 0.3) is 0 Å². The highest BCUT2D eigenvalue weighted by atomic mass is 32.2. The Hall–Kier alpha value is -1.68. The molecule has 4 atom stereocenters. The highest BCUT2D eigenvalue weighted by molar-refractivity contribution is 7.86. The fourth-order valence-corrected chi connectivity index (χ4v) is 3.85. The molecule has 0 radical (unpaired) electrons. The van der Waals surface area contributed by atoms with Crippen LogP contribution in [0.4, 0.5) is 8.78 Å². The molecule has 0 aromatic rings. The predicted octanol–water partition coefficient (Wildman–Crippen LogP) is 1.39. The van der Waals surface area contributed by atoms with Gasteiger partial charge in [-0.15, -0.1) is 0 Å². The number of alkyl halides is 2. The first-order chi connectivity index (χ1) is 11.3. The van der Waals surface area contributed by atoms with Crippen LogP contribution in [-0.2, 0) is 29.2 Å². The second-order valence-corrected chi connectivity index (χ2v) is 8.19. The topological polar surface area (TPSA) is 115 Å². The minimum Gasteiger partial charge on any atom is -0.458 e. The molecule has 0 aromatic carbocycles. The summed E-state index contributed by atoms with van der Waals surface area (Å²) in [6, 6.07) is 0. The van der Waals surface area contributed by atoms with Crippen molar-refractivity contribution in [3.05, 3.63) is 12.2 Å². The second-order valence-electron chi connectivity index (χ2n) is 6.64. The normalized spacial score (nSPS) is 28.6. The molecule has 0 aliphatic heterocycles. The predicted molar refractivity (Wildman–Crippen MR) is 80.1 cm³/mol. The van der Waals surface area contributed by atoms with Gasteiger partial charge in [-0.25, -0.2) is 0 Å². The molecule has 140 valence electrons. The molecule has 10 heteroatoms. The lowest BCUT2D eigenvalue weighted by Gasteiger charge is -2.27. The molecule has 0 heterocycles. The molecule has 7 nitrogen and oxygen atoms in total. The number of hydrogen-bond donors (Lipinski definition) is 1. The first-order valence-electron chi connectivity index (χ1n) is 7.60. The summed E-state index contributed by atoms with van der Waals surface area (Å²) < 4.78 is 60.1. The summed E-state index contributed by atoms with van der Waals surface area (Å²) in [6.45, 7) is 3.01. The van der Waals surface area contributed by atoms with Crippen molar-refractivity contribution in [1.29, 1.82) is 0 Å². The van der Waals surface area contributed by atoms with E-state index in [0.717, 1.165) is 0 Å². The molecule has 2 aliphatic carbocycles. The van der Waals surface area contributed by atoms with Gasteiger partial charge in [-0.05, 0) is 43.6 Å². The van der Waals surface area contributed by atoms with E-state index in [-0.39, 0.29) is 11.5 Å². The van der Waals surface area contributed by atoms with Crippen LogP contribution in [0.1, 0.15) is 26.2 Å².